The third kappa shape index (κ3) is 4.14. The normalized spacial score (nSPS) is 14.4. The van der Waals surface area contributed by atoms with Crippen LogP contribution in [0.3, 0.4) is 0 Å². The number of hydrogen-bond acceptors (Lipinski definition) is 6. The largest absolute Gasteiger partial charge is 0.493 e. The van der Waals surface area contributed by atoms with Gasteiger partial charge >= 0.3 is 5.97 Å². The molecule has 0 N–H and O–H groups in total. The minimum Gasteiger partial charge on any atom is -0.493 e. The number of carbonyl (C=O) groups is 3. The van der Waals surface area contributed by atoms with Crippen molar-refractivity contribution in [1.82, 2.24) is 5.06 Å². The van der Waals surface area contributed by atoms with E-state index in [0.717, 1.165) is 6.08 Å². The van der Waals surface area contributed by atoms with Gasteiger partial charge in [0.05, 0.1) is 18.2 Å². The monoisotopic (exact) mass is 397 g/mol. The summed E-state index contributed by atoms with van der Waals surface area (Å²) in [5.74, 6) is -0.792. The van der Waals surface area contributed by atoms with Gasteiger partial charge in [-0.2, -0.15) is 0 Å². The maximum Gasteiger partial charge on any atom is 0.356 e. The van der Waals surface area contributed by atoms with Crippen LogP contribution in [0.5, 0.6) is 11.5 Å². The lowest BCUT2D eigenvalue weighted by Gasteiger charge is -2.12. The SMILES string of the molecule is CCOc1c(Br)cc(/C=C/C(=O)ON2C(=O)CCC2=O)cc1OC. The molecule has 0 bridgehead atoms. The van der Waals surface area contributed by atoms with Crippen LogP contribution < -0.4 is 9.47 Å². The van der Waals surface area contributed by atoms with E-state index < -0.39 is 17.8 Å². The summed E-state index contributed by atoms with van der Waals surface area (Å²) in [4.78, 5) is 39.3. The molecule has 7 nitrogen and oxygen atoms in total. The van der Waals surface area contributed by atoms with E-state index in [-0.39, 0.29) is 12.8 Å². The molecule has 2 rings (SSSR count). The van der Waals surface area contributed by atoms with Crippen molar-refractivity contribution < 1.29 is 28.7 Å². The number of halogens is 1. The number of hydroxylamine groups is 2. The molecule has 8 heteroatoms. The predicted octanol–water partition coefficient (Wildman–Crippen LogP) is 2.48. The molecule has 128 valence electrons. The Bertz CT molecular complexity index is 684. The second-order valence-electron chi connectivity index (χ2n) is 4.79. The Morgan fingerprint density at radius 3 is 2.54 bits per heavy atom. The average Bonchev–Trinajstić information content (AvgIpc) is 2.87. The molecule has 0 unspecified atom stereocenters. The number of rotatable bonds is 6. The van der Waals surface area contributed by atoms with Crippen LogP contribution >= 0.6 is 15.9 Å². The molecule has 0 radical (unpaired) electrons. The molecule has 1 heterocycles. The van der Waals surface area contributed by atoms with Crippen molar-refractivity contribution >= 4 is 39.8 Å². The Labute approximate surface area is 147 Å². The van der Waals surface area contributed by atoms with E-state index in [1.165, 1.54) is 13.2 Å². The Morgan fingerprint density at radius 2 is 1.96 bits per heavy atom. The summed E-state index contributed by atoms with van der Waals surface area (Å²) in [5, 5.41) is 0.501. The third-order valence-corrected chi connectivity index (χ3v) is 3.73. The highest BCUT2D eigenvalue weighted by atomic mass is 79.9. The number of hydrogen-bond donors (Lipinski definition) is 0. The van der Waals surface area contributed by atoms with E-state index in [0.29, 0.717) is 33.2 Å². The summed E-state index contributed by atoms with van der Waals surface area (Å²) in [6.07, 6.45) is 2.72. The molecule has 1 aromatic carbocycles. The van der Waals surface area contributed by atoms with Gasteiger partial charge in [0.2, 0.25) is 0 Å². The Balaban J connectivity index is 2.11. The molecule has 1 saturated heterocycles. The van der Waals surface area contributed by atoms with Crippen molar-refractivity contribution in [3.63, 3.8) is 0 Å². The molecule has 1 fully saturated rings. The summed E-state index contributed by atoms with van der Waals surface area (Å²) in [5.41, 5.74) is 0.651. The highest BCUT2D eigenvalue weighted by molar-refractivity contribution is 9.10. The van der Waals surface area contributed by atoms with Gasteiger partial charge in [0.1, 0.15) is 0 Å². The van der Waals surface area contributed by atoms with Crippen LogP contribution in [0, 0.1) is 0 Å². The van der Waals surface area contributed by atoms with Gasteiger partial charge in [-0.25, -0.2) is 4.79 Å². The first-order chi connectivity index (χ1) is 11.5. The highest BCUT2D eigenvalue weighted by Crippen LogP contribution is 2.37. The fraction of sp³-hybridized carbons (Fsp3) is 0.312. The summed E-state index contributed by atoms with van der Waals surface area (Å²) in [7, 11) is 1.51. The van der Waals surface area contributed by atoms with Gasteiger partial charge in [-0.1, -0.05) is 0 Å². The summed E-state index contributed by atoms with van der Waals surface area (Å²) in [6.45, 7) is 2.34. The fourth-order valence-corrected chi connectivity index (χ4v) is 2.64. The second-order valence-corrected chi connectivity index (χ2v) is 5.65. The molecule has 0 aliphatic carbocycles. The zero-order chi connectivity index (χ0) is 17.7. The van der Waals surface area contributed by atoms with E-state index in [1.54, 1.807) is 12.1 Å². The van der Waals surface area contributed by atoms with Crippen LogP contribution in [0.2, 0.25) is 0 Å². The predicted molar refractivity (Wildman–Crippen MR) is 88.1 cm³/mol. The zero-order valence-corrected chi connectivity index (χ0v) is 14.8. The molecule has 0 aromatic heterocycles. The fourth-order valence-electron chi connectivity index (χ4n) is 2.06. The average molecular weight is 398 g/mol. The van der Waals surface area contributed by atoms with Crippen LogP contribution in [0.4, 0.5) is 0 Å². The van der Waals surface area contributed by atoms with Crippen LogP contribution in [0.1, 0.15) is 25.3 Å². The minimum atomic E-state index is -0.817. The van der Waals surface area contributed by atoms with Gasteiger partial charge in [-0.3, -0.25) is 9.59 Å². The molecule has 0 atom stereocenters. The third-order valence-electron chi connectivity index (χ3n) is 3.14. The molecular weight excluding hydrogens is 382 g/mol. The summed E-state index contributed by atoms with van der Waals surface area (Å²) >= 11 is 3.38. The van der Waals surface area contributed by atoms with Gasteiger partial charge < -0.3 is 14.3 Å². The van der Waals surface area contributed by atoms with Gasteiger partial charge in [0, 0.05) is 18.9 Å². The highest BCUT2D eigenvalue weighted by Gasteiger charge is 2.32. The van der Waals surface area contributed by atoms with E-state index in [9.17, 15) is 14.4 Å². The molecule has 0 saturated carbocycles. The minimum absolute atomic E-state index is 0.0544. The molecule has 2 amide bonds. The lowest BCUT2D eigenvalue weighted by molar-refractivity contribution is -0.193. The van der Waals surface area contributed by atoms with Crippen molar-refractivity contribution in [3.8, 4) is 11.5 Å². The standard InChI is InChI=1S/C16H16BrNO6/c1-3-23-16-11(17)8-10(9-12(16)22-2)4-7-15(21)24-18-13(19)5-6-14(18)20/h4,7-9H,3,5-6H2,1-2H3/b7-4+. The van der Waals surface area contributed by atoms with E-state index in [2.05, 4.69) is 15.9 Å². The Morgan fingerprint density at radius 1 is 1.29 bits per heavy atom. The van der Waals surface area contributed by atoms with Gasteiger partial charge in [-0.15, -0.1) is 5.06 Å². The Hall–Kier alpha value is -2.35. The van der Waals surface area contributed by atoms with Crippen molar-refractivity contribution in [2.24, 2.45) is 0 Å². The van der Waals surface area contributed by atoms with Crippen LogP contribution in [-0.2, 0) is 19.2 Å². The van der Waals surface area contributed by atoms with Crippen molar-refractivity contribution in [3.05, 3.63) is 28.2 Å². The van der Waals surface area contributed by atoms with Crippen molar-refractivity contribution in [2.75, 3.05) is 13.7 Å². The van der Waals surface area contributed by atoms with Crippen LogP contribution in [0.25, 0.3) is 6.08 Å². The van der Waals surface area contributed by atoms with E-state index in [4.69, 9.17) is 14.3 Å². The number of carbonyl (C=O) groups excluding carboxylic acids is 3. The van der Waals surface area contributed by atoms with Gasteiger partial charge in [0.25, 0.3) is 11.8 Å². The van der Waals surface area contributed by atoms with E-state index in [1.807, 2.05) is 6.92 Å². The summed E-state index contributed by atoms with van der Waals surface area (Å²) < 4.78 is 11.4. The number of methoxy groups -OCH3 is 1. The first-order valence-electron chi connectivity index (χ1n) is 7.22. The molecule has 0 spiro atoms. The van der Waals surface area contributed by atoms with Crippen molar-refractivity contribution in [2.45, 2.75) is 19.8 Å². The van der Waals surface area contributed by atoms with Crippen molar-refractivity contribution in [1.29, 1.82) is 0 Å². The molecule has 1 aliphatic heterocycles. The first kappa shape index (κ1) is 18.0. The number of amides is 2. The Kier molecular flexibility index (Phi) is 5.97. The number of imide groups is 1. The first-order valence-corrected chi connectivity index (χ1v) is 8.01. The molecule has 1 aliphatic rings. The maximum atomic E-state index is 11.7. The molecule has 1 aromatic rings. The quantitative estimate of drug-likeness (QED) is 0.541. The van der Waals surface area contributed by atoms with Crippen LogP contribution in [-0.4, -0.2) is 36.6 Å². The van der Waals surface area contributed by atoms with Gasteiger partial charge in [-0.05, 0) is 46.6 Å². The lowest BCUT2D eigenvalue weighted by Crippen LogP contribution is -2.31. The number of ether oxygens (including phenoxy) is 2. The maximum absolute atomic E-state index is 11.7. The second kappa shape index (κ2) is 7.96. The van der Waals surface area contributed by atoms with E-state index >= 15 is 0 Å². The summed E-state index contributed by atoms with van der Waals surface area (Å²) in [6, 6.07) is 3.43. The topological polar surface area (TPSA) is 82.1 Å². The zero-order valence-electron chi connectivity index (χ0n) is 13.2. The molecule has 24 heavy (non-hydrogen) atoms. The number of nitrogens with zero attached hydrogens (tertiary/aromatic N) is 1. The van der Waals surface area contributed by atoms with Gasteiger partial charge in [0.15, 0.2) is 11.5 Å². The number of benzene rings is 1. The smallest absolute Gasteiger partial charge is 0.356 e. The van der Waals surface area contributed by atoms with Crippen LogP contribution in [0.15, 0.2) is 22.7 Å². The molecular formula is C16H16BrNO6. The lowest BCUT2D eigenvalue weighted by atomic mass is 10.2.